The van der Waals surface area contributed by atoms with E-state index in [4.69, 9.17) is 51.8 Å². The van der Waals surface area contributed by atoms with Crippen molar-refractivity contribution in [2.24, 2.45) is 5.41 Å². The second kappa shape index (κ2) is 9.12. The monoisotopic (exact) mass is 425 g/mol. The van der Waals surface area contributed by atoms with Crippen LogP contribution in [0.1, 0.15) is 27.7 Å². The van der Waals surface area contributed by atoms with Gasteiger partial charge in [0.15, 0.2) is 5.11 Å². The van der Waals surface area contributed by atoms with Gasteiger partial charge in [-0.1, -0.05) is 55.6 Å². The standard InChI is InChI=1S/C16H22Cl3N3O2S/c1-5-24-11-8-6-10(7-9-11)20-14(25)22-12(16(17,18)19)21-13(23)15(2,3)4/h6-9,12H,5H2,1-4H3,(H,21,23)(H2,20,22,25)/t12-/m1/s1. The highest BCUT2D eigenvalue weighted by Gasteiger charge is 2.36. The van der Waals surface area contributed by atoms with Crippen molar-refractivity contribution in [2.75, 3.05) is 11.9 Å². The number of carbonyl (C=O) groups is 1. The maximum atomic E-state index is 12.2. The van der Waals surface area contributed by atoms with Gasteiger partial charge in [0.25, 0.3) is 0 Å². The van der Waals surface area contributed by atoms with Crippen LogP contribution in [0.4, 0.5) is 5.69 Å². The lowest BCUT2D eigenvalue weighted by atomic mass is 9.95. The number of carbonyl (C=O) groups excluding carboxylic acids is 1. The Hall–Kier alpha value is -0.950. The molecular formula is C16H22Cl3N3O2S. The summed E-state index contributed by atoms with van der Waals surface area (Å²) in [5, 5.41) is 8.62. The fraction of sp³-hybridized carbons (Fsp3) is 0.500. The predicted octanol–water partition coefficient (Wildman–Crippen LogP) is 4.23. The maximum absolute atomic E-state index is 12.2. The van der Waals surface area contributed by atoms with Crippen molar-refractivity contribution in [1.82, 2.24) is 10.6 Å². The Bertz CT molecular complexity index is 598. The van der Waals surface area contributed by atoms with E-state index in [0.717, 1.165) is 11.4 Å². The average molecular weight is 427 g/mol. The second-order valence-corrected chi connectivity index (χ2v) is 9.03. The van der Waals surface area contributed by atoms with Crippen molar-refractivity contribution >= 4 is 63.7 Å². The van der Waals surface area contributed by atoms with Crippen LogP contribution in [0.25, 0.3) is 0 Å². The molecule has 0 aliphatic heterocycles. The van der Waals surface area contributed by atoms with Crippen molar-refractivity contribution in [2.45, 2.75) is 37.7 Å². The molecule has 140 valence electrons. The van der Waals surface area contributed by atoms with Gasteiger partial charge in [-0.15, -0.1) is 0 Å². The van der Waals surface area contributed by atoms with Gasteiger partial charge in [-0.05, 0) is 43.4 Å². The first-order chi connectivity index (χ1) is 11.4. The van der Waals surface area contributed by atoms with Crippen molar-refractivity contribution in [3.8, 4) is 5.75 Å². The number of alkyl halides is 3. The zero-order valence-corrected chi connectivity index (χ0v) is 17.5. The molecule has 0 unspecified atom stereocenters. The van der Waals surface area contributed by atoms with Gasteiger partial charge in [0.2, 0.25) is 9.70 Å². The van der Waals surface area contributed by atoms with Gasteiger partial charge < -0.3 is 20.7 Å². The van der Waals surface area contributed by atoms with Crippen LogP contribution < -0.4 is 20.7 Å². The molecule has 0 bridgehead atoms. The zero-order valence-electron chi connectivity index (χ0n) is 14.5. The van der Waals surface area contributed by atoms with Crippen molar-refractivity contribution in [1.29, 1.82) is 0 Å². The molecule has 1 atom stereocenters. The van der Waals surface area contributed by atoms with Gasteiger partial charge in [0.05, 0.1) is 6.61 Å². The van der Waals surface area contributed by atoms with Gasteiger partial charge in [-0.25, -0.2) is 0 Å². The third kappa shape index (κ3) is 7.86. The fourth-order valence-electron chi connectivity index (χ4n) is 1.65. The summed E-state index contributed by atoms with van der Waals surface area (Å²) >= 11 is 23.1. The van der Waals surface area contributed by atoms with Gasteiger partial charge in [-0.3, -0.25) is 4.79 Å². The predicted molar refractivity (Wildman–Crippen MR) is 109 cm³/mol. The summed E-state index contributed by atoms with van der Waals surface area (Å²) in [7, 11) is 0. The Morgan fingerprint density at radius 1 is 1.16 bits per heavy atom. The number of nitrogens with one attached hydrogen (secondary N) is 3. The molecule has 5 nitrogen and oxygen atoms in total. The smallest absolute Gasteiger partial charge is 0.228 e. The highest BCUT2D eigenvalue weighted by atomic mass is 35.6. The Labute approximate surface area is 168 Å². The molecule has 0 heterocycles. The highest BCUT2D eigenvalue weighted by molar-refractivity contribution is 7.80. The van der Waals surface area contributed by atoms with Crippen LogP contribution in [-0.4, -0.2) is 27.6 Å². The number of rotatable bonds is 5. The molecule has 1 aromatic rings. The van der Waals surface area contributed by atoms with Gasteiger partial charge in [0.1, 0.15) is 11.9 Å². The van der Waals surface area contributed by atoms with E-state index in [9.17, 15) is 4.79 Å². The number of thiocarbonyl (C=S) groups is 1. The largest absolute Gasteiger partial charge is 0.494 e. The summed E-state index contributed by atoms with van der Waals surface area (Å²) in [6, 6.07) is 7.22. The minimum absolute atomic E-state index is 0.203. The van der Waals surface area contributed by atoms with E-state index in [0.29, 0.717) is 6.61 Å². The molecule has 0 fully saturated rings. The summed E-state index contributed by atoms with van der Waals surface area (Å²) < 4.78 is 3.59. The van der Waals surface area contributed by atoms with Crippen molar-refractivity contribution in [3.05, 3.63) is 24.3 Å². The molecule has 1 amide bonds. The molecule has 0 aliphatic rings. The Morgan fingerprint density at radius 3 is 2.16 bits per heavy atom. The number of benzene rings is 1. The SMILES string of the molecule is CCOc1ccc(NC(=S)N[C@@H](NC(=O)C(C)(C)C)C(Cl)(Cl)Cl)cc1. The maximum Gasteiger partial charge on any atom is 0.228 e. The van der Waals surface area contributed by atoms with Gasteiger partial charge >= 0.3 is 0 Å². The molecule has 25 heavy (non-hydrogen) atoms. The van der Waals surface area contributed by atoms with Crippen LogP contribution in [0.5, 0.6) is 5.75 Å². The fourth-order valence-corrected chi connectivity index (χ4v) is 2.21. The van der Waals surface area contributed by atoms with Crippen molar-refractivity contribution in [3.63, 3.8) is 0 Å². The third-order valence-corrected chi connectivity index (χ3v) is 3.86. The van der Waals surface area contributed by atoms with Crippen LogP contribution in [0.15, 0.2) is 24.3 Å². The van der Waals surface area contributed by atoms with Gasteiger partial charge in [0, 0.05) is 11.1 Å². The quantitative estimate of drug-likeness (QED) is 0.373. The minimum Gasteiger partial charge on any atom is -0.494 e. The first-order valence-corrected chi connectivity index (χ1v) is 9.15. The Kier molecular flexibility index (Phi) is 8.06. The molecule has 1 rings (SSSR count). The lowest BCUT2D eigenvalue weighted by Gasteiger charge is -2.30. The number of hydrogen-bond donors (Lipinski definition) is 3. The summed E-state index contributed by atoms with van der Waals surface area (Å²) in [4.78, 5) is 12.2. The molecular weight excluding hydrogens is 405 g/mol. The molecule has 0 saturated carbocycles. The number of amides is 1. The van der Waals surface area contributed by atoms with E-state index < -0.39 is 15.4 Å². The van der Waals surface area contributed by atoms with E-state index in [2.05, 4.69) is 16.0 Å². The van der Waals surface area contributed by atoms with Crippen LogP contribution >= 0.6 is 47.0 Å². The summed E-state index contributed by atoms with van der Waals surface area (Å²) in [6.45, 7) is 7.77. The molecule has 3 N–H and O–H groups in total. The molecule has 0 radical (unpaired) electrons. The molecule has 0 spiro atoms. The van der Waals surface area contributed by atoms with Crippen LogP contribution in [0, 0.1) is 5.41 Å². The van der Waals surface area contributed by atoms with E-state index in [1.807, 2.05) is 19.1 Å². The Balaban J connectivity index is 2.73. The normalized spacial score (nSPS) is 12.9. The van der Waals surface area contributed by atoms with E-state index in [1.165, 1.54) is 0 Å². The minimum atomic E-state index is -1.79. The van der Waals surface area contributed by atoms with Crippen LogP contribution in [0.2, 0.25) is 0 Å². The van der Waals surface area contributed by atoms with E-state index in [1.54, 1.807) is 32.9 Å². The molecule has 0 saturated heterocycles. The van der Waals surface area contributed by atoms with E-state index in [-0.39, 0.29) is 11.0 Å². The number of halogens is 3. The van der Waals surface area contributed by atoms with E-state index >= 15 is 0 Å². The summed E-state index contributed by atoms with van der Waals surface area (Å²) in [5.74, 6) is 0.476. The first-order valence-electron chi connectivity index (χ1n) is 7.61. The molecule has 0 aliphatic carbocycles. The highest BCUT2D eigenvalue weighted by Crippen LogP contribution is 2.30. The summed E-state index contributed by atoms with van der Waals surface area (Å²) in [6.07, 6.45) is -0.994. The van der Waals surface area contributed by atoms with Crippen LogP contribution in [0.3, 0.4) is 0 Å². The van der Waals surface area contributed by atoms with Crippen molar-refractivity contribution < 1.29 is 9.53 Å². The average Bonchev–Trinajstić information content (AvgIpc) is 2.47. The lowest BCUT2D eigenvalue weighted by Crippen LogP contribution is -2.58. The topological polar surface area (TPSA) is 62.4 Å². The number of anilines is 1. The van der Waals surface area contributed by atoms with Crippen LogP contribution in [-0.2, 0) is 4.79 Å². The van der Waals surface area contributed by atoms with Gasteiger partial charge in [-0.2, -0.15) is 0 Å². The molecule has 0 aromatic heterocycles. The number of ether oxygens (including phenoxy) is 1. The number of hydrogen-bond acceptors (Lipinski definition) is 3. The Morgan fingerprint density at radius 2 is 1.72 bits per heavy atom. The zero-order chi connectivity index (χ0) is 19.3. The first kappa shape index (κ1) is 22.1. The molecule has 1 aromatic carbocycles. The third-order valence-electron chi connectivity index (χ3n) is 2.98. The second-order valence-electron chi connectivity index (χ2n) is 6.25. The molecule has 9 heteroatoms. The lowest BCUT2D eigenvalue weighted by molar-refractivity contribution is -0.129. The summed E-state index contributed by atoms with van der Waals surface area (Å²) in [5.41, 5.74) is 0.0890.